The largest absolute Gasteiger partial charge is 0.312 e. The fourth-order valence-corrected chi connectivity index (χ4v) is 3.83. The summed E-state index contributed by atoms with van der Waals surface area (Å²) in [6.07, 6.45) is 10.6. The van der Waals surface area contributed by atoms with E-state index in [-0.39, 0.29) is 5.54 Å². The van der Waals surface area contributed by atoms with Crippen LogP contribution >= 0.6 is 0 Å². The molecule has 5 nitrogen and oxygen atoms in total. The molecule has 0 spiro atoms. The average Bonchev–Trinajstić information content (AvgIpc) is 2.72. The highest BCUT2D eigenvalue weighted by Gasteiger charge is 2.41. The lowest BCUT2D eigenvalue weighted by Crippen LogP contribution is -2.60. The second kappa shape index (κ2) is 7.36. The Kier molecular flexibility index (Phi) is 5.76. The van der Waals surface area contributed by atoms with Crippen molar-refractivity contribution in [3.63, 3.8) is 0 Å². The van der Waals surface area contributed by atoms with Gasteiger partial charge in [0.2, 0.25) is 0 Å². The highest BCUT2D eigenvalue weighted by atomic mass is 15.3. The average molecular weight is 293 g/mol. The molecule has 0 bridgehead atoms. The topological polar surface area (TPSA) is 46.0 Å². The lowest BCUT2D eigenvalue weighted by Gasteiger charge is -2.46. The van der Waals surface area contributed by atoms with Gasteiger partial charge in [0.05, 0.1) is 0 Å². The van der Waals surface area contributed by atoms with E-state index in [1.54, 1.807) is 6.33 Å². The van der Waals surface area contributed by atoms with Crippen LogP contribution in [0.2, 0.25) is 0 Å². The molecule has 2 rings (SSSR count). The van der Waals surface area contributed by atoms with Gasteiger partial charge in [-0.1, -0.05) is 32.6 Å². The van der Waals surface area contributed by atoms with Crippen LogP contribution in [-0.2, 0) is 13.5 Å². The minimum atomic E-state index is 0.235. The van der Waals surface area contributed by atoms with E-state index in [0.717, 1.165) is 18.8 Å². The summed E-state index contributed by atoms with van der Waals surface area (Å²) in [6, 6.07) is 0.429. The SMILES string of the molecule is CCNC(Cc1ncnn1C)C1(N(C)C)CCCCCC1. The fraction of sp³-hybridized carbons (Fsp3) is 0.875. The van der Waals surface area contributed by atoms with Crippen molar-refractivity contribution in [1.82, 2.24) is 25.0 Å². The molecule has 1 aromatic heterocycles. The number of hydrogen-bond acceptors (Lipinski definition) is 4. The van der Waals surface area contributed by atoms with Crippen molar-refractivity contribution in [3.05, 3.63) is 12.2 Å². The minimum Gasteiger partial charge on any atom is -0.312 e. The van der Waals surface area contributed by atoms with E-state index in [1.165, 1.54) is 38.5 Å². The highest BCUT2D eigenvalue weighted by molar-refractivity contribution is 5.04. The Balaban J connectivity index is 2.25. The first kappa shape index (κ1) is 16.4. The van der Waals surface area contributed by atoms with Crippen LogP contribution in [0.5, 0.6) is 0 Å². The first-order chi connectivity index (χ1) is 10.1. The molecule has 0 amide bonds. The van der Waals surface area contributed by atoms with Gasteiger partial charge in [-0.25, -0.2) is 4.98 Å². The van der Waals surface area contributed by atoms with Crippen molar-refractivity contribution >= 4 is 0 Å². The van der Waals surface area contributed by atoms with Gasteiger partial charge in [-0.15, -0.1) is 0 Å². The zero-order chi connectivity index (χ0) is 15.3. The molecule has 1 saturated carbocycles. The fourth-order valence-electron chi connectivity index (χ4n) is 3.83. The van der Waals surface area contributed by atoms with Crippen LogP contribution in [0.3, 0.4) is 0 Å². The smallest absolute Gasteiger partial charge is 0.138 e. The van der Waals surface area contributed by atoms with Crippen molar-refractivity contribution in [2.45, 2.75) is 63.5 Å². The van der Waals surface area contributed by atoms with Crippen LogP contribution in [0.1, 0.15) is 51.3 Å². The Labute approximate surface area is 129 Å². The van der Waals surface area contributed by atoms with Crippen LogP contribution in [-0.4, -0.2) is 51.9 Å². The van der Waals surface area contributed by atoms with Crippen LogP contribution in [0.25, 0.3) is 0 Å². The van der Waals surface area contributed by atoms with Gasteiger partial charge in [-0.05, 0) is 33.5 Å². The lowest BCUT2D eigenvalue weighted by atomic mass is 9.79. The van der Waals surface area contributed by atoms with E-state index < -0.39 is 0 Å². The third-order valence-electron chi connectivity index (χ3n) is 5.15. The van der Waals surface area contributed by atoms with Crippen molar-refractivity contribution < 1.29 is 0 Å². The van der Waals surface area contributed by atoms with E-state index in [1.807, 2.05) is 11.7 Å². The molecule has 1 unspecified atom stereocenters. The molecule has 1 aliphatic carbocycles. The van der Waals surface area contributed by atoms with Crippen LogP contribution in [0, 0.1) is 0 Å². The zero-order valence-electron chi connectivity index (χ0n) is 14.1. The van der Waals surface area contributed by atoms with E-state index in [2.05, 4.69) is 41.3 Å². The maximum Gasteiger partial charge on any atom is 0.138 e. The quantitative estimate of drug-likeness (QED) is 0.815. The number of likely N-dealkylation sites (N-methyl/N-ethyl adjacent to an activating group) is 2. The Morgan fingerprint density at radius 2 is 1.95 bits per heavy atom. The van der Waals surface area contributed by atoms with Gasteiger partial charge in [0.25, 0.3) is 0 Å². The van der Waals surface area contributed by atoms with Gasteiger partial charge in [-0.2, -0.15) is 5.10 Å². The molecular formula is C16H31N5. The Morgan fingerprint density at radius 1 is 1.29 bits per heavy atom. The third-order valence-corrected chi connectivity index (χ3v) is 5.15. The molecule has 1 atom stereocenters. The first-order valence-corrected chi connectivity index (χ1v) is 8.34. The molecule has 1 aliphatic rings. The Morgan fingerprint density at radius 3 is 2.43 bits per heavy atom. The van der Waals surface area contributed by atoms with Gasteiger partial charge >= 0.3 is 0 Å². The summed E-state index contributed by atoms with van der Waals surface area (Å²) in [6.45, 7) is 3.20. The van der Waals surface area contributed by atoms with Crippen molar-refractivity contribution in [2.24, 2.45) is 7.05 Å². The van der Waals surface area contributed by atoms with Crippen LogP contribution < -0.4 is 5.32 Å². The number of hydrogen-bond donors (Lipinski definition) is 1. The molecule has 1 N–H and O–H groups in total. The number of aromatic nitrogens is 3. The highest BCUT2D eigenvalue weighted by Crippen LogP contribution is 2.35. The maximum absolute atomic E-state index is 4.44. The monoisotopic (exact) mass is 293 g/mol. The molecule has 1 fully saturated rings. The molecule has 1 heterocycles. The molecule has 0 aromatic carbocycles. The van der Waals surface area contributed by atoms with Gasteiger partial charge in [0.1, 0.15) is 12.2 Å². The summed E-state index contributed by atoms with van der Waals surface area (Å²) in [7, 11) is 6.47. The minimum absolute atomic E-state index is 0.235. The summed E-state index contributed by atoms with van der Waals surface area (Å²) < 4.78 is 1.91. The van der Waals surface area contributed by atoms with E-state index in [9.17, 15) is 0 Å². The number of aryl methyl sites for hydroxylation is 1. The molecular weight excluding hydrogens is 262 g/mol. The Bertz CT molecular complexity index is 418. The molecule has 21 heavy (non-hydrogen) atoms. The van der Waals surface area contributed by atoms with Gasteiger partial charge in [-0.3, -0.25) is 4.68 Å². The maximum atomic E-state index is 4.44. The predicted molar refractivity (Wildman–Crippen MR) is 86.3 cm³/mol. The summed E-state index contributed by atoms with van der Waals surface area (Å²) in [5.41, 5.74) is 0.235. The van der Waals surface area contributed by atoms with E-state index in [4.69, 9.17) is 0 Å². The number of nitrogens with zero attached hydrogens (tertiary/aromatic N) is 4. The number of nitrogens with one attached hydrogen (secondary N) is 1. The van der Waals surface area contributed by atoms with Crippen molar-refractivity contribution in [2.75, 3.05) is 20.6 Å². The van der Waals surface area contributed by atoms with Gasteiger partial charge in [0, 0.05) is 25.0 Å². The molecule has 0 radical (unpaired) electrons. The molecule has 0 saturated heterocycles. The molecule has 120 valence electrons. The standard InChI is InChI=1S/C16H31N5/c1-5-17-14(12-15-18-13-19-21(15)4)16(20(2)3)10-8-6-7-9-11-16/h13-14,17H,5-12H2,1-4H3. The van der Waals surface area contributed by atoms with E-state index >= 15 is 0 Å². The van der Waals surface area contributed by atoms with Gasteiger partial charge in [0.15, 0.2) is 0 Å². The Hall–Kier alpha value is -0.940. The lowest BCUT2D eigenvalue weighted by molar-refractivity contribution is 0.0796. The molecule has 5 heteroatoms. The van der Waals surface area contributed by atoms with Crippen LogP contribution in [0.15, 0.2) is 6.33 Å². The van der Waals surface area contributed by atoms with Crippen molar-refractivity contribution in [3.8, 4) is 0 Å². The van der Waals surface area contributed by atoms with Crippen LogP contribution in [0.4, 0.5) is 0 Å². The predicted octanol–water partition coefficient (Wildman–Crippen LogP) is 1.99. The summed E-state index contributed by atoms with van der Waals surface area (Å²) in [5, 5.41) is 7.97. The second-order valence-electron chi connectivity index (χ2n) is 6.53. The first-order valence-electron chi connectivity index (χ1n) is 8.34. The second-order valence-corrected chi connectivity index (χ2v) is 6.53. The van der Waals surface area contributed by atoms with E-state index in [0.29, 0.717) is 6.04 Å². The summed E-state index contributed by atoms with van der Waals surface area (Å²) in [5.74, 6) is 1.08. The third kappa shape index (κ3) is 3.64. The number of rotatable bonds is 6. The van der Waals surface area contributed by atoms with Gasteiger partial charge < -0.3 is 10.2 Å². The van der Waals surface area contributed by atoms with Crippen molar-refractivity contribution in [1.29, 1.82) is 0 Å². The zero-order valence-corrected chi connectivity index (χ0v) is 14.1. The normalized spacial score (nSPS) is 20.4. The molecule has 1 aromatic rings. The molecule has 0 aliphatic heterocycles. The summed E-state index contributed by atoms with van der Waals surface area (Å²) in [4.78, 5) is 6.90. The summed E-state index contributed by atoms with van der Waals surface area (Å²) >= 11 is 0.